The Hall–Kier alpha value is -1.79. The number of amides is 1. The summed E-state index contributed by atoms with van der Waals surface area (Å²) in [6, 6.07) is 4.69. The number of nitrogens with zero attached hydrogens (tertiary/aromatic N) is 1. The van der Waals surface area contributed by atoms with Crippen molar-refractivity contribution in [2.24, 2.45) is 0 Å². The number of anilines is 1. The number of halogens is 1. The van der Waals surface area contributed by atoms with Gasteiger partial charge in [-0.25, -0.2) is 9.37 Å². The summed E-state index contributed by atoms with van der Waals surface area (Å²) in [4.78, 5) is 17.5. The average molecular weight is 346 g/mol. The molecule has 0 fully saturated rings. The van der Waals surface area contributed by atoms with Crippen LogP contribution in [0.4, 0.5) is 9.39 Å². The number of nitrogens with one attached hydrogen (secondary N) is 1. The fourth-order valence-corrected chi connectivity index (χ4v) is 5.47. The van der Waals surface area contributed by atoms with Gasteiger partial charge in [0.25, 0.3) is 0 Å². The standard InChI is InChI=1S/C17H15FN2OS2/c1-9(21)19-16-15(11-4-2-3-5-13(11)22-16)17-20-12-8-10(18)6-7-14(12)23-17/h6-8H,2-5H2,1H3,(H,19,21). The van der Waals surface area contributed by atoms with Crippen LogP contribution in [-0.2, 0) is 17.6 Å². The second kappa shape index (κ2) is 5.69. The molecular formula is C17H15FN2OS2. The van der Waals surface area contributed by atoms with Crippen LogP contribution in [0.3, 0.4) is 0 Å². The molecule has 0 radical (unpaired) electrons. The van der Waals surface area contributed by atoms with Crippen molar-refractivity contribution in [3.8, 4) is 10.6 Å². The van der Waals surface area contributed by atoms with Gasteiger partial charge < -0.3 is 5.32 Å². The van der Waals surface area contributed by atoms with Crippen molar-refractivity contribution in [1.82, 2.24) is 4.98 Å². The number of hydrogen-bond acceptors (Lipinski definition) is 4. The lowest BCUT2D eigenvalue weighted by Crippen LogP contribution is -2.05. The van der Waals surface area contributed by atoms with E-state index in [9.17, 15) is 9.18 Å². The fraction of sp³-hybridized carbons (Fsp3) is 0.294. The zero-order valence-electron chi connectivity index (χ0n) is 12.6. The van der Waals surface area contributed by atoms with Gasteiger partial charge in [0, 0.05) is 23.4 Å². The third kappa shape index (κ3) is 2.66. The summed E-state index contributed by atoms with van der Waals surface area (Å²) < 4.78 is 14.4. The Morgan fingerprint density at radius 3 is 2.91 bits per heavy atom. The van der Waals surface area contributed by atoms with Gasteiger partial charge in [0.1, 0.15) is 15.8 Å². The number of fused-ring (bicyclic) bond motifs is 2. The van der Waals surface area contributed by atoms with E-state index in [1.54, 1.807) is 28.7 Å². The van der Waals surface area contributed by atoms with Crippen LogP contribution in [0.25, 0.3) is 20.8 Å². The molecule has 6 heteroatoms. The Labute approximate surface area is 141 Å². The first-order valence-corrected chi connectivity index (χ1v) is 9.23. The molecule has 2 heterocycles. The maximum absolute atomic E-state index is 13.4. The summed E-state index contributed by atoms with van der Waals surface area (Å²) in [5, 5.41) is 4.70. The molecule has 0 unspecified atom stereocenters. The molecule has 4 rings (SSSR count). The molecule has 1 amide bonds. The molecule has 0 spiro atoms. The average Bonchev–Trinajstić information content (AvgIpc) is 3.05. The van der Waals surface area contributed by atoms with Crippen LogP contribution in [0.15, 0.2) is 18.2 Å². The number of benzene rings is 1. The third-order valence-electron chi connectivity index (χ3n) is 4.02. The number of carbonyl (C=O) groups is 1. The highest BCUT2D eigenvalue weighted by atomic mass is 32.1. The molecule has 0 aliphatic heterocycles. The van der Waals surface area contributed by atoms with Crippen LogP contribution in [0.2, 0.25) is 0 Å². The number of aryl methyl sites for hydroxylation is 1. The van der Waals surface area contributed by atoms with Gasteiger partial charge in [0.15, 0.2) is 0 Å². The van der Waals surface area contributed by atoms with Crippen molar-refractivity contribution in [2.45, 2.75) is 32.6 Å². The maximum atomic E-state index is 13.4. The highest BCUT2D eigenvalue weighted by Crippen LogP contribution is 2.46. The van der Waals surface area contributed by atoms with Gasteiger partial charge in [-0.15, -0.1) is 22.7 Å². The smallest absolute Gasteiger partial charge is 0.221 e. The van der Waals surface area contributed by atoms with Crippen molar-refractivity contribution in [2.75, 3.05) is 5.32 Å². The van der Waals surface area contributed by atoms with Crippen LogP contribution in [0, 0.1) is 5.82 Å². The molecule has 1 aliphatic rings. The molecule has 23 heavy (non-hydrogen) atoms. The zero-order chi connectivity index (χ0) is 16.0. The minimum atomic E-state index is -0.274. The summed E-state index contributed by atoms with van der Waals surface area (Å²) in [6.45, 7) is 1.52. The summed E-state index contributed by atoms with van der Waals surface area (Å²) in [6.07, 6.45) is 4.43. The predicted molar refractivity (Wildman–Crippen MR) is 93.8 cm³/mol. The van der Waals surface area contributed by atoms with Crippen molar-refractivity contribution in [3.63, 3.8) is 0 Å². The van der Waals surface area contributed by atoms with E-state index >= 15 is 0 Å². The molecule has 1 aromatic carbocycles. The number of carbonyl (C=O) groups excluding carboxylic acids is 1. The Morgan fingerprint density at radius 2 is 2.09 bits per heavy atom. The lowest BCUT2D eigenvalue weighted by Gasteiger charge is -2.11. The van der Waals surface area contributed by atoms with Gasteiger partial charge in [-0.2, -0.15) is 0 Å². The first-order chi connectivity index (χ1) is 11.1. The first-order valence-electron chi connectivity index (χ1n) is 7.60. The van der Waals surface area contributed by atoms with Gasteiger partial charge in [-0.05, 0) is 43.4 Å². The van der Waals surface area contributed by atoms with Crippen molar-refractivity contribution in [1.29, 1.82) is 0 Å². The molecule has 0 saturated heterocycles. The molecule has 118 valence electrons. The summed E-state index contributed by atoms with van der Waals surface area (Å²) in [7, 11) is 0. The number of rotatable bonds is 2. The maximum Gasteiger partial charge on any atom is 0.221 e. The van der Waals surface area contributed by atoms with E-state index in [1.165, 1.54) is 35.9 Å². The Balaban J connectivity index is 1.90. The molecule has 3 aromatic rings. The molecular weight excluding hydrogens is 331 g/mol. The highest BCUT2D eigenvalue weighted by Gasteiger charge is 2.24. The minimum absolute atomic E-state index is 0.0722. The van der Waals surface area contributed by atoms with Crippen LogP contribution in [0.5, 0.6) is 0 Å². The second-order valence-electron chi connectivity index (χ2n) is 5.73. The lowest BCUT2D eigenvalue weighted by atomic mass is 9.96. The van der Waals surface area contributed by atoms with Crippen LogP contribution in [0.1, 0.15) is 30.2 Å². The largest absolute Gasteiger partial charge is 0.317 e. The quantitative estimate of drug-likeness (QED) is 0.709. The topological polar surface area (TPSA) is 42.0 Å². The molecule has 0 saturated carbocycles. The number of aromatic nitrogens is 1. The van der Waals surface area contributed by atoms with E-state index in [2.05, 4.69) is 10.3 Å². The Bertz CT molecular complexity index is 913. The summed E-state index contributed by atoms with van der Waals surface area (Å²) >= 11 is 3.21. The van der Waals surface area contributed by atoms with Crippen molar-refractivity contribution >= 4 is 43.8 Å². The Kier molecular flexibility index (Phi) is 3.66. The SMILES string of the molecule is CC(=O)Nc1sc2c(c1-c1nc3cc(F)ccc3s1)CCCC2. The molecule has 1 aliphatic carbocycles. The fourth-order valence-electron chi connectivity index (χ4n) is 3.05. The van der Waals surface area contributed by atoms with Gasteiger partial charge >= 0.3 is 0 Å². The molecule has 1 N–H and O–H groups in total. The van der Waals surface area contributed by atoms with E-state index in [4.69, 9.17) is 0 Å². The summed E-state index contributed by atoms with van der Waals surface area (Å²) in [5.74, 6) is -0.346. The monoisotopic (exact) mass is 346 g/mol. The van der Waals surface area contributed by atoms with E-state index in [-0.39, 0.29) is 11.7 Å². The van der Waals surface area contributed by atoms with Crippen LogP contribution < -0.4 is 5.32 Å². The molecule has 0 bridgehead atoms. The van der Waals surface area contributed by atoms with Gasteiger partial charge in [0.2, 0.25) is 5.91 Å². The number of hydrogen-bond donors (Lipinski definition) is 1. The Morgan fingerprint density at radius 1 is 1.26 bits per heavy atom. The molecule has 0 atom stereocenters. The van der Waals surface area contributed by atoms with Gasteiger partial charge in [-0.3, -0.25) is 4.79 Å². The van der Waals surface area contributed by atoms with Crippen molar-refractivity contribution < 1.29 is 9.18 Å². The van der Waals surface area contributed by atoms with Crippen LogP contribution in [-0.4, -0.2) is 10.9 Å². The highest BCUT2D eigenvalue weighted by molar-refractivity contribution is 7.22. The second-order valence-corrected chi connectivity index (χ2v) is 7.86. The molecule has 3 nitrogen and oxygen atoms in total. The summed E-state index contributed by atoms with van der Waals surface area (Å²) in [5.41, 5.74) is 3.03. The normalized spacial score (nSPS) is 14.0. The number of thiophene rings is 1. The lowest BCUT2D eigenvalue weighted by molar-refractivity contribution is -0.114. The van der Waals surface area contributed by atoms with Gasteiger partial charge in [0.05, 0.1) is 10.2 Å². The van der Waals surface area contributed by atoms with Crippen molar-refractivity contribution in [3.05, 3.63) is 34.5 Å². The number of thiazole rings is 1. The van der Waals surface area contributed by atoms with E-state index in [1.807, 2.05) is 0 Å². The zero-order valence-corrected chi connectivity index (χ0v) is 14.2. The van der Waals surface area contributed by atoms with Gasteiger partial charge in [-0.1, -0.05) is 0 Å². The third-order valence-corrected chi connectivity index (χ3v) is 6.29. The predicted octanol–water partition coefficient (Wildman–Crippen LogP) is 5.00. The van der Waals surface area contributed by atoms with E-state index in [0.717, 1.165) is 39.5 Å². The van der Waals surface area contributed by atoms with E-state index < -0.39 is 0 Å². The minimum Gasteiger partial charge on any atom is -0.317 e. The van der Waals surface area contributed by atoms with Crippen LogP contribution >= 0.6 is 22.7 Å². The van der Waals surface area contributed by atoms with E-state index in [0.29, 0.717) is 5.52 Å². The first kappa shape index (κ1) is 14.8. The molecule has 2 aromatic heterocycles.